The molecule has 2 aliphatic heterocycles. The first-order valence-electron chi connectivity index (χ1n) is 14.5. The van der Waals surface area contributed by atoms with Crippen molar-refractivity contribution in [1.29, 1.82) is 0 Å². The van der Waals surface area contributed by atoms with Crippen LogP contribution in [0.25, 0.3) is 0 Å². The Morgan fingerprint density at radius 1 is 1.03 bits per heavy atom. The molecule has 1 aromatic carbocycles. The van der Waals surface area contributed by atoms with Gasteiger partial charge in [0.25, 0.3) is 0 Å². The number of amides is 3. The fraction of sp³-hybridized carbons (Fsp3) is 0.690. The summed E-state index contributed by atoms with van der Waals surface area (Å²) in [7, 11) is 0. The number of rotatable bonds is 9. The van der Waals surface area contributed by atoms with Crippen molar-refractivity contribution in [2.45, 2.75) is 76.9 Å². The molecular weight excluding hydrogens is 516 g/mol. The Morgan fingerprint density at radius 3 is 2.15 bits per heavy atom. The fourth-order valence-electron chi connectivity index (χ4n) is 5.88. The van der Waals surface area contributed by atoms with Crippen LogP contribution in [-0.2, 0) is 20.8 Å². The smallest absolute Gasteiger partial charge is 0.245 e. The van der Waals surface area contributed by atoms with Crippen molar-refractivity contribution >= 4 is 29.3 Å². The van der Waals surface area contributed by atoms with Gasteiger partial charge in [0.2, 0.25) is 17.7 Å². The minimum absolute atomic E-state index is 0.0638. The molecule has 9 nitrogen and oxygen atoms in total. The summed E-state index contributed by atoms with van der Waals surface area (Å²) in [6, 6.07) is 7.13. The van der Waals surface area contributed by atoms with Gasteiger partial charge in [-0.25, -0.2) is 10.0 Å². The summed E-state index contributed by atoms with van der Waals surface area (Å²) in [4.78, 5) is 42.4. The van der Waals surface area contributed by atoms with E-state index >= 15 is 0 Å². The third-order valence-corrected chi connectivity index (χ3v) is 8.72. The van der Waals surface area contributed by atoms with Crippen LogP contribution in [0, 0.1) is 5.92 Å². The molecule has 1 aliphatic carbocycles. The number of hydrogen-bond acceptors (Lipinski definition) is 6. The molecule has 1 atom stereocenters. The number of carbonyl (C=O) groups is 3. The third-order valence-electron chi connectivity index (χ3n) is 8.47. The summed E-state index contributed by atoms with van der Waals surface area (Å²) in [6.07, 6.45) is 4.55. The van der Waals surface area contributed by atoms with Gasteiger partial charge in [-0.05, 0) is 55.7 Å². The van der Waals surface area contributed by atoms with Crippen LogP contribution in [0.1, 0.15) is 58.4 Å². The predicted molar refractivity (Wildman–Crippen MR) is 153 cm³/mol. The number of halogens is 1. The molecule has 3 aliphatic rings. The van der Waals surface area contributed by atoms with Crippen molar-refractivity contribution in [3.63, 3.8) is 0 Å². The highest BCUT2D eigenvalue weighted by molar-refractivity contribution is 6.30. The third kappa shape index (κ3) is 7.51. The molecule has 0 spiro atoms. The first-order chi connectivity index (χ1) is 18.6. The van der Waals surface area contributed by atoms with E-state index in [1.807, 2.05) is 21.9 Å². The van der Waals surface area contributed by atoms with Crippen molar-refractivity contribution in [3.05, 3.63) is 34.9 Å². The lowest BCUT2D eigenvalue weighted by Gasteiger charge is -2.47. The normalized spacial score (nSPS) is 21.1. The highest BCUT2D eigenvalue weighted by atomic mass is 35.5. The Hall–Kier alpha value is -2.20. The molecular formula is C29H45ClN6O3. The molecule has 2 heterocycles. The van der Waals surface area contributed by atoms with Crippen LogP contribution < -0.4 is 11.1 Å². The van der Waals surface area contributed by atoms with Crippen molar-refractivity contribution in [1.82, 2.24) is 25.1 Å². The number of nitrogens with one attached hydrogen (secondary N) is 1. The largest absolute Gasteiger partial charge is 0.343 e. The zero-order valence-corrected chi connectivity index (χ0v) is 24.5. The first-order valence-corrected chi connectivity index (χ1v) is 14.8. The van der Waals surface area contributed by atoms with Gasteiger partial charge >= 0.3 is 0 Å². The maximum Gasteiger partial charge on any atom is 0.245 e. The summed E-state index contributed by atoms with van der Waals surface area (Å²) in [5.74, 6) is 0.351. The van der Waals surface area contributed by atoms with Crippen LogP contribution in [0.4, 0.5) is 0 Å². The molecule has 2 saturated heterocycles. The Morgan fingerprint density at radius 2 is 1.64 bits per heavy atom. The van der Waals surface area contributed by atoms with Gasteiger partial charge in [-0.3, -0.25) is 14.4 Å². The highest BCUT2D eigenvalue weighted by Crippen LogP contribution is 2.29. The van der Waals surface area contributed by atoms with E-state index in [1.54, 1.807) is 19.1 Å². The molecule has 1 saturated carbocycles. The van der Waals surface area contributed by atoms with E-state index in [9.17, 15) is 14.4 Å². The molecule has 3 fully saturated rings. The fourth-order valence-corrected chi connectivity index (χ4v) is 6.01. The average molecular weight is 561 g/mol. The summed E-state index contributed by atoms with van der Waals surface area (Å²) >= 11 is 6.06. The van der Waals surface area contributed by atoms with Crippen molar-refractivity contribution in [2.24, 2.45) is 11.7 Å². The van der Waals surface area contributed by atoms with Crippen LogP contribution in [0.5, 0.6) is 0 Å². The predicted octanol–water partition coefficient (Wildman–Crippen LogP) is 2.28. The van der Waals surface area contributed by atoms with Gasteiger partial charge in [0.1, 0.15) is 6.04 Å². The van der Waals surface area contributed by atoms with Gasteiger partial charge in [0.15, 0.2) is 0 Å². The average Bonchev–Trinajstić information content (AvgIpc) is 2.90. The van der Waals surface area contributed by atoms with Crippen molar-refractivity contribution < 1.29 is 14.4 Å². The van der Waals surface area contributed by atoms with Crippen LogP contribution in [0.3, 0.4) is 0 Å². The molecule has 4 rings (SSSR count). The molecule has 1 aromatic rings. The van der Waals surface area contributed by atoms with Crippen LogP contribution in [0.2, 0.25) is 5.02 Å². The van der Waals surface area contributed by atoms with Crippen LogP contribution in [0.15, 0.2) is 24.3 Å². The van der Waals surface area contributed by atoms with Gasteiger partial charge in [0, 0.05) is 70.2 Å². The monoisotopic (exact) mass is 560 g/mol. The topological polar surface area (TPSA) is 102 Å². The maximum atomic E-state index is 13.8. The Bertz CT molecular complexity index is 999. The van der Waals surface area contributed by atoms with E-state index in [2.05, 4.69) is 29.2 Å². The maximum absolute atomic E-state index is 13.8. The second-order valence-electron chi connectivity index (χ2n) is 11.9. The van der Waals surface area contributed by atoms with Gasteiger partial charge < -0.3 is 20.9 Å². The Labute approximate surface area is 237 Å². The van der Waals surface area contributed by atoms with Gasteiger partial charge in [-0.2, -0.15) is 0 Å². The number of benzene rings is 1. The molecule has 216 valence electrons. The number of likely N-dealkylation sites (tertiary alicyclic amines) is 1. The molecule has 10 heteroatoms. The van der Waals surface area contributed by atoms with E-state index in [0.717, 1.165) is 57.5 Å². The van der Waals surface area contributed by atoms with Crippen LogP contribution in [-0.4, -0.2) is 101 Å². The number of carbonyl (C=O) groups excluding carboxylic acids is 3. The SMILES string of the molecule is CC(=O)N1CCC(N(CC(C)C)N2CCN(C(=O)[C@@H](Cc3ccc(Cl)cc3)NC(=O)C3(N)CCC3)CC2)CC1. The van der Waals surface area contributed by atoms with E-state index in [-0.39, 0.29) is 17.7 Å². The van der Waals surface area contributed by atoms with E-state index in [1.165, 1.54) is 0 Å². The summed E-state index contributed by atoms with van der Waals surface area (Å²) < 4.78 is 0. The number of nitrogens with two attached hydrogens (primary N) is 1. The minimum atomic E-state index is -0.869. The number of piperazine rings is 1. The number of piperidine rings is 1. The molecule has 3 amide bonds. The summed E-state index contributed by atoms with van der Waals surface area (Å²) in [5, 5.41) is 8.52. The van der Waals surface area contributed by atoms with Gasteiger partial charge in [-0.1, -0.05) is 37.6 Å². The summed E-state index contributed by atoms with van der Waals surface area (Å²) in [6.45, 7) is 11.3. The molecule has 3 N–H and O–H groups in total. The lowest BCUT2D eigenvalue weighted by molar-refractivity contribution is -0.146. The molecule has 0 aromatic heterocycles. The van der Waals surface area contributed by atoms with Gasteiger partial charge in [0.05, 0.1) is 5.54 Å². The second-order valence-corrected chi connectivity index (χ2v) is 12.3. The number of hydrogen-bond donors (Lipinski definition) is 2. The van der Waals surface area contributed by atoms with E-state index in [0.29, 0.717) is 49.3 Å². The Kier molecular flexibility index (Phi) is 9.91. The van der Waals surface area contributed by atoms with Crippen molar-refractivity contribution in [2.75, 3.05) is 45.8 Å². The zero-order chi connectivity index (χ0) is 28.2. The highest BCUT2D eigenvalue weighted by Gasteiger charge is 2.42. The molecule has 0 unspecified atom stereocenters. The van der Waals surface area contributed by atoms with Crippen molar-refractivity contribution in [3.8, 4) is 0 Å². The zero-order valence-electron chi connectivity index (χ0n) is 23.7. The number of hydrazine groups is 1. The lowest BCUT2D eigenvalue weighted by atomic mass is 9.77. The minimum Gasteiger partial charge on any atom is -0.343 e. The summed E-state index contributed by atoms with van der Waals surface area (Å²) in [5.41, 5.74) is 6.36. The van der Waals surface area contributed by atoms with E-state index < -0.39 is 11.6 Å². The molecule has 0 radical (unpaired) electrons. The lowest BCUT2D eigenvalue weighted by Crippen LogP contribution is -2.64. The first kappa shape index (κ1) is 29.8. The second kappa shape index (κ2) is 13.0. The van der Waals surface area contributed by atoms with E-state index in [4.69, 9.17) is 17.3 Å². The van der Waals surface area contributed by atoms with Crippen LogP contribution >= 0.6 is 11.6 Å². The molecule has 0 bridgehead atoms. The standard InChI is InChI=1S/C29H45ClN6O3/c1-21(2)20-36(25-9-13-33(14-10-25)22(3)37)35-17-15-34(16-18-35)27(38)26(19-23-5-7-24(30)8-6-23)32-28(39)29(31)11-4-12-29/h5-8,21,25-26H,4,9-20,31H2,1-3H3,(H,32,39)/t26-/m1/s1. The number of nitrogens with zero attached hydrogens (tertiary/aromatic N) is 4. The quantitative estimate of drug-likeness (QED) is 0.480. The van der Waals surface area contributed by atoms with Gasteiger partial charge in [-0.15, -0.1) is 0 Å². The molecule has 39 heavy (non-hydrogen) atoms. The Balaban J connectivity index is 1.40.